The van der Waals surface area contributed by atoms with Gasteiger partial charge in [-0.1, -0.05) is 53.2 Å². The van der Waals surface area contributed by atoms with Gasteiger partial charge in [-0.2, -0.15) is 0 Å². The van der Waals surface area contributed by atoms with E-state index in [0.717, 1.165) is 22.3 Å². The van der Waals surface area contributed by atoms with Crippen LogP contribution in [0.3, 0.4) is 0 Å². The normalized spacial score (nSPS) is 10.9. The molecule has 0 aliphatic carbocycles. The van der Waals surface area contributed by atoms with Gasteiger partial charge in [-0.15, -0.1) is 16.8 Å². The second-order valence-electron chi connectivity index (χ2n) is 6.37. The summed E-state index contributed by atoms with van der Waals surface area (Å²) in [6, 6.07) is 11.7. The molecule has 0 amide bonds. The minimum atomic E-state index is 0.344. The highest BCUT2D eigenvalue weighted by Crippen LogP contribution is 2.27. The topological polar surface area (TPSA) is 39.9 Å². The molecule has 0 spiro atoms. The zero-order valence-electron chi connectivity index (χ0n) is 15.8. The van der Waals surface area contributed by atoms with E-state index in [1.54, 1.807) is 17.8 Å². The number of halogens is 2. The summed E-state index contributed by atoms with van der Waals surface area (Å²) in [5.41, 5.74) is 3.51. The van der Waals surface area contributed by atoms with E-state index in [9.17, 15) is 0 Å². The summed E-state index contributed by atoms with van der Waals surface area (Å²) in [5.74, 6) is 2.29. The number of rotatable bonds is 8. The molecule has 0 atom stereocenters. The molecule has 4 nitrogen and oxygen atoms in total. The van der Waals surface area contributed by atoms with Crippen molar-refractivity contribution < 1.29 is 4.74 Å². The molecule has 3 rings (SSSR count). The van der Waals surface area contributed by atoms with Crippen LogP contribution in [-0.2, 0) is 18.9 Å². The summed E-state index contributed by atoms with van der Waals surface area (Å²) < 4.78 is 7.93. The lowest BCUT2D eigenvalue weighted by atomic mass is 10.1. The molecule has 146 valence electrons. The van der Waals surface area contributed by atoms with Gasteiger partial charge in [0.25, 0.3) is 0 Å². The molecule has 28 heavy (non-hydrogen) atoms. The smallest absolute Gasteiger partial charge is 0.191 e. The first-order valence-electron chi connectivity index (χ1n) is 8.77. The van der Waals surface area contributed by atoms with Gasteiger partial charge < -0.3 is 4.74 Å². The molecule has 1 aromatic heterocycles. The van der Waals surface area contributed by atoms with Crippen molar-refractivity contribution in [2.45, 2.75) is 37.9 Å². The first-order chi connectivity index (χ1) is 13.5. The molecule has 2 aromatic carbocycles. The molecule has 0 unspecified atom stereocenters. The zero-order chi connectivity index (χ0) is 20.1. The summed E-state index contributed by atoms with van der Waals surface area (Å²) in [7, 11) is 0. The molecule has 0 fully saturated rings. The van der Waals surface area contributed by atoms with Gasteiger partial charge in [-0.05, 0) is 54.8 Å². The van der Waals surface area contributed by atoms with Crippen molar-refractivity contribution in [2.75, 3.05) is 0 Å². The van der Waals surface area contributed by atoms with Crippen LogP contribution < -0.4 is 4.74 Å². The second-order valence-corrected chi connectivity index (χ2v) is 8.13. The van der Waals surface area contributed by atoms with Gasteiger partial charge in [0.2, 0.25) is 0 Å². The Bertz CT molecular complexity index is 915. The van der Waals surface area contributed by atoms with Gasteiger partial charge in [0.05, 0.1) is 10.0 Å². The average molecular weight is 434 g/mol. The Kier molecular flexibility index (Phi) is 7.05. The van der Waals surface area contributed by atoms with Gasteiger partial charge in [-0.3, -0.25) is 4.57 Å². The number of aromatic nitrogens is 3. The third-order valence-electron chi connectivity index (χ3n) is 4.30. The van der Waals surface area contributed by atoms with Crippen LogP contribution in [-0.4, -0.2) is 14.8 Å². The lowest BCUT2D eigenvalue weighted by Gasteiger charge is -2.10. The monoisotopic (exact) mass is 433 g/mol. The molecule has 0 aliphatic heterocycles. The van der Waals surface area contributed by atoms with Gasteiger partial charge >= 0.3 is 0 Å². The van der Waals surface area contributed by atoms with E-state index in [-0.39, 0.29) is 0 Å². The van der Waals surface area contributed by atoms with Crippen LogP contribution in [0, 0.1) is 13.8 Å². The van der Waals surface area contributed by atoms with Crippen molar-refractivity contribution >= 4 is 35.0 Å². The van der Waals surface area contributed by atoms with Gasteiger partial charge in [-0.25, -0.2) is 0 Å². The van der Waals surface area contributed by atoms with E-state index in [1.807, 2.05) is 34.9 Å². The molecule has 7 heteroatoms. The van der Waals surface area contributed by atoms with E-state index in [0.29, 0.717) is 28.9 Å². The molecule has 0 saturated carbocycles. The number of nitrogens with zero attached hydrogens (tertiary/aromatic N) is 3. The Balaban J connectivity index is 1.70. The van der Waals surface area contributed by atoms with Gasteiger partial charge in [0.15, 0.2) is 11.0 Å². The number of thioether (sulfide) groups is 1. The Labute approximate surface area is 179 Å². The molecular formula is C21H21Cl2N3OS. The Morgan fingerprint density at radius 3 is 2.61 bits per heavy atom. The lowest BCUT2D eigenvalue weighted by molar-refractivity contribution is 0.289. The Hall–Kier alpha value is -1.95. The van der Waals surface area contributed by atoms with Crippen molar-refractivity contribution in [1.29, 1.82) is 0 Å². The fraction of sp³-hybridized carbons (Fsp3) is 0.238. The predicted molar refractivity (Wildman–Crippen MR) is 116 cm³/mol. The van der Waals surface area contributed by atoms with Gasteiger partial charge in [0, 0.05) is 12.3 Å². The molecular weight excluding hydrogens is 413 g/mol. The summed E-state index contributed by atoms with van der Waals surface area (Å²) in [4.78, 5) is 0. The zero-order valence-corrected chi connectivity index (χ0v) is 18.1. The number of hydrogen-bond acceptors (Lipinski definition) is 4. The highest BCUT2D eigenvalue weighted by Gasteiger charge is 2.13. The number of benzene rings is 2. The van der Waals surface area contributed by atoms with Crippen molar-refractivity contribution in [2.24, 2.45) is 0 Å². The largest absolute Gasteiger partial charge is 0.486 e. The highest BCUT2D eigenvalue weighted by molar-refractivity contribution is 7.98. The average Bonchev–Trinajstić information content (AvgIpc) is 3.06. The van der Waals surface area contributed by atoms with Crippen LogP contribution in [0.5, 0.6) is 5.75 Å². The SMILES string of the molecule is C=CCn1c(COc2ccc(C)c(C)c2)nnc1SCc1ccc(Cl)c(Cl)c1. The number of aryl methyl sites for hydroxylation is 2. The lowest BCUT2D eigenvalue weighted by Crippen LogP contribution is -2.07. The van der Waals surface area contributed by atoms with E-state index >= 15 is 0 Å². The molecule has 3 aromatic rings. The third kappa shape index (κ3) is 5.10. The van der Waals surface area contributed by atoms with Crippen LogP contribution in [0.25, 0.3) is 0 Å². The van der Waals surface area contributed by atoms with Crippen LogP contribution in [0.15, 0.2) is 54.2 Å². The number of hydrogen-bond donors (Lipinski definition) is 0. The van der Waals surface area contributed by atoms with Crippen molar-refractivity contribution in [1.82, 2.24) is 14.8 Å². The summed E-state index contributed by atoms with van der Waals surface area (Å²) in [6.07, 6.45) is 1.83. The minimum absolute atomic E-state index is 0.344. The standard InChI is InChI=1S/C21H21Cl2N3OS/c1-4-9-26-20(12-27-17-7-5-14(2)15(3)10-17)24-25-21(26)28-13-16-6-8-18(22)19(23)11-16/h4-8,10-11H,1,9,12-13H2,2-3H3. The van der Waals surface area contributed by atoms with Crippen LogP contribution in [0.2, 0.25) is 10.0 Å². The van der Waals surface area contributed by atoms with Crippen molar-refractivity contribution in [3.8, 4) is 5.75 Å². The van der Waals surface area contributed by atoms with E-state index in [4.69, 9.17) is 27.9 Å². The minimum Gasteiger partial charge on any atom is -0.486 e. The summed E-state index contributed by atoms with van der Waals surface area (Å²) in [5, 5.41) is 10.5. The Morgan fingerprint density at radius 2 is 1.89 bits per heavy atom. The maximum Gasteiger partial charge on any atom is 0.191 e. The first-order valence-corrected chi connectivity index (χ1v) is 10.5. The number of allylic oxidation sites excluding steroid dienone is 1. The predicted octanol–water partition coefficient (Wildman–Crippen LogP) is 6.26. The van der Waals surface area contributed by atoms with E-state index in [1.165, 1.54) is 11.1 Å². The molecule has 0 bridgehead atoms. The fourth-order valence-corrected chi connectivity index (χ4v) is 3.80. The van der Waals surface area contributed by atoms with Crippen LogP contribution in [0.1, 0.15) is 22.5 Å². The van der Waals surface area contributed by atoms with Crippen LogP contribution >= 0.6 is 35.0 Å². The Morgan fingerprint density at radius 1 is 1.07 bits per heavy atom. The summed E-state index contributed by atoms with van der Waals surface area (Å²) >= 11 is 13.7. The summed E-state index contributed by atoms with van der Waals surface area (Å²) in [6.45, 7) is 8.95. The fourth-order valence-electron chi connectivity index (χ4n) is 2.57. The van der Waals surface area contributed by atoms with E-state index in [2.05, 4.69) is 36.7 Å². The second kappa shape index (κ2) is 9.50. The van der Waals surface area contributed by atoms with Gasteiger partial charge in [0.1, 0.15) is 12.4 Å². The van der Waals surface area contributed by atoms with Crippen LogP contribution in [0.4, 0.5) is 0 Å². The molecule has 0 saturated heterocycles. The van der Waals surface area contributed by atoms with Crippen molar-refractivity contribution in [3.63, 3.8) is 0 Å². The maximum atomic E-state index is 6.10. The molecule has 0 aliphatic rings. The molecule has 1 heterocycles. The molecule has 0 radical (unpaired) electrons. The molecule has 0 N–H and O–H groups in total. The first kappa shape index (κ1) is 20.8. The number of ether oxygens (including phenoxy) is 1. The maximum absolute atomic E-state index is 6.10. The third-order valence-corrected chi connectivity index (χ3v) is 6.08. The van der Waals surface area contributed by atoms with Crippen molar-refractivity contribution in [3.05, 3.63) is 81.6 Å². The quantitative estimate of drug-likeness (QED) is 0.310. The highest BCUT2D eigenvalue weighted by atomic mass is 35.5. The van der Waals surface area contributed by atoms with E-state index < -0.39 is 0 Å².